The molecule has 6 heteroatoms. The molecule has 1 heterocycles. The topological polar surface area (TPSA) is 57.7 Å². The number of anilines is 2. The van der Waals surface area contributed by atoms with E-state index in [0.29, 0.717) is 17.8 Å². The molecule has 0 saturated heterocycles. The summed E-state index contributed by atoms with van der Waals surface area (Å²) in [4.78, 5) is 15.0. The molecule has 0 saturated carbocycles. The smallest absolute Gasteiger partial charge is 0.264 e. The van der Waals surface area contributed by atoms with Gasteiger partial charge in [-0.3, -0.25) is 9.10 Å². The van der Waals surface area contributed by atoms with Gasteiger partial charge in [0, 0.05) is 24.8 Å². The van der Waals surface area contributed by atoms with Gasteiger partial charge in [0.05, 0.1) is 10.6 Å². The number of carbonyl (C=O) groups excluding carboxylic acids is 1. The lowest BCUT2D eigenvalue weighted by Crippen LogP contribution is -2.30. The van der Waals surface area contributed by atoms with E-state index in [1.807, 2.05) is 24.3 Å². The second-order valence-corrected chi connectivity index (χ2v) is 8.64. The zero-order valence-corrected chi connectivity index (χ0v) is 16.3. The summed E-state index contributed by atoms with van der Waals surface area (Å²) in [5, 5.41) is 0. The average molecular weight is 392 g/mol. The summed E-state index contributed by atoms with van der Waals surface area (Å²) >= 11 is 0. The van der Waals surface area contributed by atoms with Crippen LogP contribution in [0.15, 0.2) is 83.8 Å². The highest BCUT2D eigenvalue weighted by Gasteiger charge is 2.26. The Kier molecular flexibility index (Phi) is 4.65. The van der Waals surface area contributed by atoms with Crippen LogP contribution in [-0.2, 0) is 16.4 Å². The molecule has 0 aliphatic carbocycles. The van der Waals surface area contributed by atoms with Crippen molar-refractivity contribution in [2.24, 2.45) is 0 Å². The highest BCUT2D eigenvalue weighted by molar-refractivity contribution is 7.92. The quantitative estimate of drug-likeness (QED) is 0.680. The van der Waals surface area contributed by atoms with E-state index < -0.39 is 10.0 Å². The van der Waals surface area contributed by atoms with Gasteiger partial charge in [0.1, 0.15) is 0 Å². The number of rotatable bonds is 4. The number of sulfonamides is 1. The number of hydrogen-bond donors (Lipinski definition) is 0. The molecule has 1 aliphatic heterocycles. The molecule has 1 aliphatic rings. The van der Waals surface area contributed by atoms with E-state index in [9.17, 15) is 13.2 Å². The summed E-state index contributed by atoms with van der Waals surface area (Å²) in [6.45, 7) is 0.626. The van der Waals surface area contributed by atoms with Gasteiger partial charge in [-0.15, -0.1) is 0 Å². The van der Waals surface area contributed by atoms with E-state index >= 15 is 0 Å². The molecule has 0 bridgehead atoms. The minimum absolute atomic E-state index is 0.127. The number of para-hydroxylation sites is 1. The minimum Gasteiger partial charge on any atom is -0.308 e. The third-order valence-electron chi connectivity index (χ3n) is 4.99. The number of carbonyl (C=O) groups is 1. The Hall–Kier alpha value is -3.12. The highest BCUT2D eigenvalue weighted by Crippen LogP contribution is 2.30. The lowest BCUT2D eigenvalue weighted by molar-refractivity contribution is 0.0989. The first-order valence-corrected chi connectivity index (χ1v) is 10.5. The van der Waals surface area contributed by atoms with Gasteiger partial charge in [-0.2, -0.15) is 0 Å². The first-order chi connectivity index (χ1) is 13.5. The summed E-state index contributed by atoms with van der Waals surface area (Å²) < 4.78 is 26.9. The molecule has 0 radical (unpaired) electrons. The first-order valence-electron chi connectivity index (χ1n) is 9.02. The van der Waals surface area contributed by atoms with Crippen molar-refractivity contribution >= 4 is 27.3 Å². The van der Waals surface area contributed by atoms with Crippen LogP contribution in [0.4, 0.5) is 11.4 Å². The fraction of sp³-hybridized carbons (Fsp3) is 0.136. The van der Waals surface area contributed by atoms with E-state index in [1.165, 1.54) is 11.4 Å². The molecule has 4 rings (SSSR count). The fourth-order valence-corrected chi connectivity index (χ4v) is 4.64. The third-order valence-corrected chi connectivity index (χ3v) is 6.79. The largest absolute Gasteiger partial charge is 0.308 e. The predicted molar refractivity (Wildman–Crippen MR) is 110 cm³/mol. The van der Waals surface area contributed by atoms with Gasteiger partial charge >= 0.3 is 0 Å². The van der Waals surface area contributed by atoms with Crippen molar-refractivity contribution in [3.8, 4) is 0 Å². The maximum atomic E-state index is 13.1. The van der Waals surface area contributed by atoms with E-state index in [4.69, 9.17) is 0 Å². The van der Waals surface area contributed by atoms with E-state index in [1.54, 1.807) is 59.5 Å². The summed E-state index contributed by atoms with van der Waals surface area (Å²) in [6.07, 6.45) is 0.823. The van der Waals surface area contributed by atoms with Crippen molar-refractivity contribution in [1.29, 1.82) is 0 Å². The Morgan fingerprint density at radius 2 is 1.64 bits per heavy atom. The van der Waals surface area contributed by atoms with Crippen LogP contribution < -0.4 is 9.21 Å². The van der Waals surface area contributed by atoms with E-state index in [-0.39, 0.29) is 10.8 Å². The number of benzene rings is 3. The Labute approximate surface area is 164 Å². The van der Waals surface area contributed by atoms with Crippen LogP contribution in [0.3, 0.4) is 0 Å². The van der Waals surface area contributed by atoms with Crippen molar-refractivity contribution in [3.05, 3.63) is 90.0 Å². The molecule has 28 heavy (non-hydrogen) atoms. The zero-order valence-electron chi connectivity index (χ0n) is 15.4. The van der Waals surface area contributed by atoms with Crippen LogP contribution in [0.25, 0.3) is 0 Å². The predicted octanol–water partition coefficient (Wildman–Crippen LogP) is 3.71. The summed E-state index contributed by atoms with van der Waals surface area (Å²) in [5.74, 6) is -0.127. The van der Waals surface area contributed by atoms with Gasteiger partial charge in [0.2, 0.25) is 0 Å². The molecule has 0 N–H and O–H groups in total. The number of nitrogens with zero attached hydrogens (tertiary/aromatic N) is 2. The summed E-state index contributed by atoms with van der Waals surface area (Å²) in [7, 11) is -2.20. The van der Waals surface area contributed by atoms with Crippen molar-refractivity contribution in [2.45, 2.75) is 11.3 Å². The summed E-state index contributed by atoms with van der Waals surface area (Å²) in [5.41, 5.74) is 2.98. The van der Waals surface area contributed by atoms with Crippen LogP contribution >= 0.6 is 0 Å². The Morgan fingerprint density at radius 1 is 0.929 bits per heavy atom. The van der Waals surface area contributed by atoms with Crippen LogP contribution in [0.1, 0.15) is 15.9 Å². The lowest BCUT2D eigenvalue weighted by atomic mass is 10.1. The maximum Gasteiger partial charge on any atom is 0.264 e. The molecule has 3 aromatic carbocycles. The van der Waals surface area contributed by atoms with Crippen LogP contribution in [0.2, 0.25) is 0 Å². The standard InChI is InChI=1S/C22H20N2O3S/c1-23(28(26,27)20-11-3-2-4-12-20)19-10-7-9-18(16-19)22(25)24-15-14-17-8-5-6-13-21(17)24/h2-13,16H,14-15H2,1H3. The normalized spacial score (nSPS) is 13.2. The number of amides is 1. The average Bonchev–Trinajstić information content (AvgIpc) is 3.17. The monoisotopic (exact) mass is 392 g/mol. The van der Waals surface area contributed by atoms with Gasteiger partial charge in [0.15, 0.2) is 0 Å². The molecule has 1 amide bonds. The van der Waals surface area contributed by atoms with E-state index in [0.717, 1.165) is 17.7 Å². The lowest BCUT2D eigenvalue weighted by Gasteiger charge is -2.21. The van der Waals surface area contributed by atoms with Crippen molar-refractivity contribution in [3.63, 3.8) is 0 Å². The van der Waals surface area contributed by atoms with Crippen LogP contribution in [0.5, 0.6) is 0 Å². The maximum absolute atomic E-state index is 13.1. The Balaban J connectivity index is 1.64. The first kappa shape index (κ1) is 18.3. The van der Waals surface area contributed by atoms with Gasteiger partial charge in [0.25, 0.3) is 15.9 Å². The molecule has 0 atom stereocenters. The highest BCUT2D eigenvalue weighted by atomic mass is 32.2. The minimum atomic E-state index is -3.69. The van der Waals surface area contributed by atoms with Crippen molar-refractivity contribution in [1.82, 2.24) is 0 Å². The van der Waals surface area contributed by atoms with Crippen molar-refractivity contribution < 1.29 is 13.2 Å². The SMILES string of the molecule is CN(c1cccc(C(=O)N2CCc3ccccc32)c1)S(=O)(=O)c1ccccc1. The van der Waals surface area contributed by atoms with Crippen LogP contribution in [-0.4, -0.2) is 27.9 Å². The van der Waals surface area contributed by atoms with E-state index in [2.05, 4.69) is 0 Å². The summed E-state index contributed by atoms with van der Waals surface area (Å²) in [6, 6.07) is 22.9. The molecule has 142 valence electrons. The third kappa shape index (κ3) is 3.16. The molecule has 0 aromatic heterocycles. The van der Waals surface area contributed by atoms with Crippen LogP contribution in [0, 0.1) is 0 Å². The van der Waals surface area contributed by atoms with Gasteiger partial charge in [-0.05, 0) is 48.4 Å². The van der Waals surface area contributed by atoms with Gasteiger partial charge in [-0.25, -0.2) is 8.42 Å². The zero-order chi connectivity index (χ0) is 19.7. The second-order valence-electron chi connectivity index (χ2n) is 6.67. The van der Waals surface area contributed by atoms with Gasteiger partial charge < -0.3 is 4.90 Å². The Bertz CT molecular complexity index is 1130. The molecule has 0 fully saturated rings. The Morgan fingerprint density at radius 3 is 2.43 bits per heavy atom. The molecule has 0 unspecified atom stereocenters. The molecule has 0 spiro atoms. The second kappa shape index (κ2) is 7.13. The van der Waals surface area contributed by atoms with Gasteiger partial charge in [-0.1, -0.05) is 42.5 Å². The molecule has 3 aromatic rings. The number of fused-ring (bicyclic) bond motifs is 1. The molecule has 5 nitrogen and oxygen atoms in total. The molecular weight excluding hydrogens is 372 g/mol. The fourth-order valence-electron chi connectivity index (χ4n) is 3.43. The number of hydrogen-bond acceptors (Lipinski definition) is 3. The van der Waals surface area contributed by atoms with Crippen molar-refractivity contribution in [2.75, 3.05) is 22.8 Å². The molecular formula is C22H20N2O3S.